The van der Waals surface area contributed by atoms with E-state index in [1.165, 1.54) is 0 Å². The summed E-state index contributed by atoms with van der Waals surface area (Å²) in [6.07, 6.45) is 0.777. The van der Waals surface area contributed by atoms with Crippen molar-refractivity contribution in [2.75, 3.05) is 7.11 Å². The summed E-state index contributed by atoms with van der Waals surface area (Å²) in [6.45, 7) is 0. The van der Waals surface area contributed by atoms with Gasteiger partial charge >= 0.3 is 0 Å². The molecule has 1 atom stereocenters. The van der Waals surface area contributed by atoms with E-state index in [1.807, 2.05) is 24.3 Å². The number of aryl methyl sites for hydroxylation is 1. The Bertz CT molecular complexity index is 567. The molecule has 4 heteroatoms. The van der Waals surface area contributed by atoms with Gasteiger partial charge in [-0.15, -0.1) is 0 Å². The lowest BCUT2D eigenvalue weighted by molar-refractivity contribution is 0.168. The van der Waals surface area contributed by atoms with Gasteiger partial charge in [-0.2, -0.15) is 0 Å². The Kier molecular flexibility index (Phi) is 5.30. The van der Waals surface area contributed by atoms with Gasteiger partial charge in [0.15, 0.2) is 0 Å². The first-order valence-corrected chi connectivity index (χ1v) is 7.11. The van der Waals surface area contributed by atoms with Crippen molar-refractivity contribution in [3.05, 3.63) is 63.6 Å². The molecule has 0 aliphatic rings. The van der Waals surface area contributed by atoms with Crippen molar-refractivity contribution in [3.63, 3.8) is 0 Å². The van der Waals surface area contributed by atoms with Crippen LogP contribution in [0.2, 0.25) is 10.0 Å². The Morgan fingerprint density at radius 2 is 1.80 bits per heavy atom. The highest BCUT2D eigenvalue weighted by atomic mass is 35.5. The maximum Gasteiger partial charge on any atom is 0.118 e. The minimum absolute atomic E-state index is 0.500. The summed E-state index contributed by atoms with van der Waals surface area (Å²) in [4.78, 5) is 0. The third-order valence-electron chi connectivity index (χ3n) is 3.19. The molecule has 0 aromatic heterocycles. The largest absolute Gasteiger partial charge is 0.497 e. The number of hydrogen-bond donors (Lipinski definition) is 1. The second kappa shape index (κ2) is 6.98. The molecular formula is C16H16Cl2O2. The standard InChI is InChI=1S/C16H16Cl2O2/c1-20-13-6-2-11(3-7-13)4-9-16(19)14-8-5-12(17)10-15(14)18/h2-3,5-8,10,16,19H,4,9H2,1H3. The molecule has 0 fully saturated rings. The van der Waals surface area contributed by atoms with Crippen LogP contribution < -0.4 is 4.74 Å². The summed E-state index contributed by atoms with van der Waals surface area (Å²) in [5, 5.41) is 11.3. The summed E-state index contributed by atoms with van der Waals surface area (Å²) < 4.78 is 5.11. The molecule has 2 aromatic carbocycles. The Morgan fingerprint density at radius 3 is 2.40 bits per heavy atom. The number of ether oxygens (including phenoxy) is 1. The van der Waals surface area contributed by atoms with Crippen molar-refractivity contribution < 1.29 is 9.84 Å². The molecule has 0 saturated heterocycles. The third kappa shape index (κ3) is 3.89. The van der Waals surface area contributed by atoms with Crippen molar-refractivity contribution in [2.24, 2.45) is 0 Å². The van der Waals surface area contributed by atoms with Crippen molar-refractivity contribution in [2.45, 2.75) is 18.9 Å². The van der Waals surface area contributed by atoms with Gasteiger partial charge in [-0.25, -0.2) is 0 Å². The molecule has 2 aromatic rings. The quantitative estimate of drug-likeness (QED) is 0.869. The van der Waals surface area contributed by atoms with Gasteiger partial charge in [-0.3, -0.25) is 0 Å². The second-order valence-electron chi connectivity index (χ2n) is 4.57. The molecule has 0 amide bonds. The zero-order valence-corrected chi connectivity index (χ0v) is 12.7. The van der Waals surface area contributed by atoms with E-state index in [9.17, 15) is 5.11 Å². The van der Waals surface area contributed by atoms with E-state index in [2.05, 4.69) is 0 Å². The summed E-state index contributed by atoms with van der Waals surface area (Å²) in [6, 6.07) is 13.0. The topological polar surface area (TPSA) is 29.5 Å². The fourth-order valence-corrected chi connectivity index (χ4v) is 2.56. The van der Waals surface area contributed by atoms with E-state index >= 15 is 0 Å². The molecule has 20 heavy (non-hydrogen) atoms. The maximum absolute atomic E-state index is 10.2. The molecule has 0 spiro atoms. The van der Waals surface area contributed by atoms with E-state index in [1.54, 1.807) is 25.3 Å². The number of benzene rings is 2. The lowest BCUT2D eigenvalue weighted by atomic mass is 10.0. The van der Waals surface area contributed by atoms with Crippen molar-refractivity contribution in [1.82, 2.24) is 0 Å². The van der Waals surface area contributed by atoms with Gasteiger partial charge in [-0.05, 0) is 48.2 Å². The van der Waals surface area contributed by atoms with Crippen molar-refractivity contribution in [1.29, 1.82) is 0 Å². The maximum atomic E-state index is 10.2. The first kappa shape index (κ1) is 15.2. The molecular weight excluding hydrogens is 295 g/mol. The van der Waals surface area contributed by atoms with E-state index < -0.39 is 6.10 Å². The van der Waals surface area contributed by atoms with E-state index in [-0.39, 0.29) is 0 Å². The van der Waals surface area contributed by atoms with Crippen LogP contribution in [0.1, 0.15) is 23.7 Å². The Hall–Kier alpha value is -1.22. The van der Waals surface area contributed by atoms with Gasteiger partial charge in [0.25, 0.3) is 0 Å². The van der Waals surface area contributed by atoms with Crippen LogP contribution in [0.4, 0.5) is 0 Å². The molecule has 0 saturated carbocycles. The van der Waals surface area contributed by atoms with Gasteiger partial charge in [0, 0.05) is 10.0 Å². The molecule has 1 N–H and O–H groups in total. The molecule has 2 nitrogen and oxygen atoms in total. The van der Waals surface area contributed by atoms with Crippen LogP contribution in [0.5, 0.6) is 5.75 Å². The zero-order chi connectivity index (χ0) is 14.5. The van der Waals surface area contributed by atoms with E-state index in [4.69, 9.17) is 27.9 Å². The van der Waals surface area contributed by atoms with Crippen LogP contribution in [0, 0.1) is 0 Å². The highest BCUT2D eigenvalue weighted by Gasteiger charge is 2.12. The summed E-state index contributed by atoms with van der Waals surface area (Å²) in [5.74, 6) is 0.829. The molecule has 1 unspecified atom stereocenters. The summed E-state index contributed by atoms with van der Waals surface area (Å²) in [7, 11) is 1.64. The number of hydrogen-bond acceptors (Lipinski definition) is 2. The third-order valence-corrected chi connectivity index (χ3v) is 3.75. The summed E-state index contributed by atoms with van der Waals surface area (Å²) >= 11 is 11.9. The highest BCUT2D eigenvalue weighted by molar-refractivity contribution is 6.35. The van der Waals surface area contributed by atoms with Crippen LogP contribution in [-0.4, -0.2) is 12.2 Å². The average molecular weight is 311 g/mol. The van der Waals surface area contributed by atoms with Crippen LogP contribution in [0.25, 0.3) is 0 Å². The Balaban J connectivity index is 1.98. The lowest BCUT2D eigenvalue weighted by Crippen LogP contribution is -2.00. The van der Waals surface area contributed by atoms with Crippen molar-refractivity contribution >= 4 is 23.2 Å². The van der Waals surface area contributed by atoms with Crippen LogP contribution in [-0.2, 0) is 6.42 Å². The van der Waals surface area contributed by atoms with Gasteiger partial charge in [-0.1, -0.05) is 41.4 Å². The Morgan fingerprint density at radius 1 is 1.10 bits per heavy atom. The fraction of sp³-hybridized carbons (Fsp3) is 0.250. The minimum Gasteiger partial charge on any atom is -0.497 e. The first-order valence-electron chi connectivity index (χ1n) is 6.36. The number of halogens is 2. The van der Waals surface area contributed by atoms with E-state index in [0.29, 0.717) is 22.0 Å². The second-order valence-corrected chi connectivity index (χ2v) is 5.41. The number of rotatable bonds is 5. The number of methoxy groups -OCH3 is 1. The fourth-order valence-electron chi connectivity index (χ4n) is 2.02. The zero-order valence-electron chi connectivity index (χ0n) is 11.1. The smallest absolute Gasteiger partial charge is 0.118 e. The molecule has 0 aliphatic carbocycles. The number of aliphatic hydroxyl groups is 1. The molecule has 0 bridgehead atoms. The Labute approximate surface area is 128 Å². The predicted molar refractivity (Wildman–Crippen MR) is 82.7 cm³/mol. The van der Waals surface area contributed by atoms with Crippen molar-refractivity contribution in [3.8, 4) is 5.75 Å². The van der Waals surface area contributed by atoms with Gasteiger partial charge < -0.3 is 9.84 Å². The average Bonchev–Trinajstić information content (AvgIpc) is 2.45. The summed E-state index contributed by atoms with van der Waals surface area (Å²) in [5.41, 5.74) is 1.86. The van der Waals surface area contributed by atoms with Gasteiger partial charge in [0.05, 0.1) is 13.2 Å². The van der Waals surface area contributed by atoms with E-state index in [0.717, 1.165) is 17.7 Å². The molecule has 0 radical (unpaired) electrons. The van der Waals surface area contributed by atoms with Crippen LogP contribution in [0.3, 0.4) is 0 Å². The lowest BCUT2D eigenvalue weighted by Gasteiger charge is -2.13. The number of aliphatic hydroxyl groups excluding tert-OH is 1. The molecule has 106 valence electrons. The van der Waals surface area contributed by atoms with Crippen LogP contribution >= 0.6 is 23.2 Å². The molecule has 0 aliphatic heterocycles. The SMILES string of the molecule is COc1ccc(CCC(O)c2ccc(Cl)cc2Cl)cc1. The van der Waals surface area contributed by atoms with Crippen LogP contribution in [0.15, 0.2) is 42.5 Å². The molecule has 2 rings (SSSR count). The first-order chi connectivity index (χ1) is 9.60. The highest BCUT2D eigenvalue weighted by Crippen LogP contribution is 2.29. The molecule has 0 heterocycles. The normalized spacial score (nSPS) is 12.2. The monoisotopic (exact) mass is 310 g/mol. The minimum atomic E-state index is -0.595. The van der Waals surface area contributed by atoms with Gasteiger partial charge in [0.1, 0.15) is 5.75 Å². The van der Waals surface area contributed by atoms with Gasteiger partial charge in [0.2, 0.25) is 0 Å². The predicted octanol–water partition coefficient (Wildman–Crippen LogP) is 4.67.